The topological polar surface area (TPSA) is 88.5 Å². The number of nitrogens with zero attached hydrogens (tertiary/aromatic N) is 4. The molecule has 0 aliphatic rings. The molecule has 0 saturated heterocycles. The summed E-state index contributed by atoms with van der Waals surface area (Å²) in [6, 6.07) is 0. The molecule has 7 nitrogen and oxygen atoms in total. The number of carbonyl (C=O) groups excluding carboxylic acids is 1. The van der Waals surface area contributed by atoms with Gasteiger partial charge in [-0.05, 0) is 30.8 Å². The molecule has 0 fully saturated rings. The summed E-state index contributed by atoms with van der Waals surface area (Å²) >= 11 is 0. The Morgan fingerprint density at radius 3 is 2.47 bits per heavy atom. The van der Waals surface area contributed by atoms with E-state index < -0.39 is 0 Å². The Labute approximate surface area is 101 Å². The SMILES string of the molecule is CCCN(CCN(C)C)C(=O)c1nonc1N. The third-order valence-corrected chi connectivity index (χ3v) is 2.31. The van der Waals surface area contributed by atoms with Gasteiger partial charge in [0.05, 0.1) is 0 Å². The monoisotopic (exact) mass is 241 g/mol. The summed E-state index contributed by atoms with van der Waals surface area (Å²) in [7, 11) is 3.92. The van der Waals surface area contributed by atoms with Crippen LogP contribution in [0.2, 0.25) is 0 Å². The molecular weight excluding hydrogens is 222 g/mol. The molecular formula is C10H19N5O2. The summed E-state index contributed by atoms with van der Waals surface area (Å²) in [4.78, 5) is 15.8. The summed E-state index contributed by atoms with van der Waals surface area (Å²) in [5.74, 6) is -0.187. The van der Waals surface area contributed by atoms with Gasteiger partial charge in [-0.3, -0.25) is 4.79 Å². The van der Waals surface area contributed by atoms with E-state index in [9.17, 15) is 4.79 Å². The molecule has 1 aromatic heterocycles. The van der Waals surface area contributed by atoms with Gasteiger partial charge in [-0.25, -0.2) is 4.63 Å². The zero-order valence-electron chi connectivity index (χ0n) is 10.5. The van der Waals surface area contributed by atoms with Crippen LogP contribution < -0.4 is 5.73 Å². The van der Waals surface area contributed by atoms with Gasteiger partial charge >= 0.3 is 0 Å². The normalized spacial score (nSPS) is 10.8. The number of hydrogen-bond acceptors (Lipinski definition) is 6. The molecule has 96 valence electrons. The lowest BCUT2D eigenvalue weighted by Gasteiger charge is -2.22. The molecule has 1 rings (SSSR count). The minimum absolute atomic E-state index is 0.0426. The minimum Gasteiger partial charge on any atom is -0.379 e. The maximum atomic E-state index is 12.1. The van der Waals surface area contributed by atoms with Crippen LogP contribution in [0.5, 0.6) is 0 Å². The fourth-order valence-corrected chi connectivity index (χ4v) is 1.40. The standard InChI is InChI=1S/C10H19N5O2/c1-4-5-15(7-6-14(2)3)10(16)8-9(11)13-17-12-8/h4-7H2,1-3H3,(H2,11,13). The molecule has 0 saturated carbocycles. The highest BCUT2D eigenvalue weighted by molar-refractivity contribution is 5.96. The molecule has 0 aromatic carbocycles. The highest BCUT2D eigenvalue weighted by Crippen LogP contribution is 2.08. The highest BCUT2D eigenvalue weighted by atomic mass is 16.6. The number of carbonyl (C=O) groups is 1. The number of anilines is 1. The van der Waals surface area contributed by atoms with Crippen molar-refractivity contribution in [3.63, 3.8) is 0 Å². The van der Waals surface area contributed by atoms with Gasteiger partial charge in [0.25, 0.3) is 5.91 Å². The van der Waals surface area contributed by atoms with Crippen molar-refractivity contribution >= 4 is 11.7 Å². The fraction of sp³-hybridized carbons (Fsp3) is 0.700. The van der Waals surface area contributed by atoms with Crippen LogP contribution >= 0.6 is 0 Å². The molecule has 0 spiro atoms. The summed E-state index contributed by atoms with van der Waals surface area (Å²) < 4.78 is 4.44. The van der Waals surface area contributed by atoms with Gasteiger partial charge in [-0.2, -0.15) is 0 Å². The second-order valence-corrected chi connectivity index (χ2v) is 4.09. The number of amides is 1. The molecule has 0 atom stereocenters. The average Bonchev–Trinajstić information content (AvgIpc) is 2.69. The summed E-state index contributed by atoms with van der Waals surface area (Å²) in [6.07, 6.45) is 0.879. The van der Waals surface area contributed by atoms with Crippen molar-refractivity contribution in [2.75, 3.05) is 39.5 Å². The number of rotatable bonds is 6. The van der Waals surface area contributed by atoms with E-state index in [1.165, 1.54) is 0 Å². The minimum atomic E-state index is -0.229. The van der Waals surface area contributed by atoms with E-state index in [1.54, 1.807) is 4.90 Å². The second kappa shape index (κ2) is 6.19. The van der Waals surface area contributed by atoms with E-state index >= 15 is 0 Å². The van der Waals surface area contributed by atoms with Gasteiger partial charge in [-0.15, -0.1) is 0 Å². The zero-order chi connectivity index (χ0) is 12.8. The van der Waals surface area contributed by atoms with Crippen molar-refractivity contribution in [2.45, 2.75) is 13.3 Å². The van der Waals surface area contributed by atoms with E-state index in [2.05, 4.69) is 14.9 Å². The molecule has 1 amide bonds. The maximum Gasteiger partial charge on any atom is 0.280 e. The first-order valence-electron chi connectivity index (χ1n) is 5.58. The van der Waals surface area contributed by atoms with E-state index in [-0.39, 0.29) is 17.4 Å². The summed E-state index contributed by atoms with van der Waals surface area (Å²) in [5, 5.41) is 6.94. The fourth-order valence-electron chi connectivity index (χ4n) is 1.40. The van der Waals surface area contributed by atoms with Crippen LogP contribution in [0.15, 0.2) is 4.63 Å². The molecule has 0 radical (unpaired) electrons. The third kappa shape index (κ3) is 3.70. The Morgan fingerprint density at radius 1 is 1.29 bits per heavy atom. The predicted octanol–water partition coefficient (Wildman–Crippen LogP) is 0.0656. The summed E-state index contributed by atoms with van der Waals surface area (Å²) in [6.45, 7) is 4.10. The number of nitrogen functional groups attached to an aromatic ring is 1. The third-order valence-electron chi connectivity index (χ3n) is 2.31. The van der Waals surface area contributed by atoms with Crippen LogP contribution in [0.4, 0.5) is 5.82 Å². The van der Waals surface area contributed by atoms with Crippen LogP contribution in [0.3, 0.4) is 0 Å². The Balaban J connectivity index is 2.70. The van der Waals surface area contributed by atoms with E-state index in [1.807, 2.05) is 25.9 Å². The largest absolute Gasteiger partial charge is 0.379 e. The molecule has 1 heterocycles. The predicted molar refractivity (Wildman–Crippen MR) is 63.5 cm³/mol. The smallest absolute Gasteiger partial charge is 0.280 e. The number of aromatic nitrogens is 2. The van der Waals surface area contributed by atoms with Gasteiger partial charge in [0.15, 0.2) is 0 Å². The molecule has 17 heavy (non-hydrogen) atoms. The Kier molecular flexibility index (Phi) is 4.89. The van der Waals surface area contributed by atoms with Crippen molar-refractivity contribution in [3.8, 4) is 0 Å². The molecule has 1 aromatic rings. The van der Waals surface area contributed by atoms with Gasteiger partial charge in [-0.1, -0.05) is 6.92 Å². The number of nitrogens with two attached hydrogens (primary N) is 1. The quantitative estimate of drug-likeness (QED) is 0.758. The van der Waals surface area contributed by atoms with E-state index in [0.717, 1.165) is 13.0 Å². The first kappa shape index (κ1) is 13.4. The molecule has 7 heteroatoms. The molecule has 0 aliphatic carbocycles. The lowest BCUT2D eigenvalue weighted by atomic mass is 10.3. The first-order chi connectivity index (χ1) is 8.06. The van der Waals surface area contributed by atoms with Crippen molar-refractivity contribution in [2.24, 2.45) is 0 Å². The van der Waals surface area contributed by atoms with Crippen molar-refractivity contribution < 1.29 is 9.42 Å². The van der Waals surface area contributed by atoms with Crippen LogP contribution in [0.25, 0.3) is 0 Å². The van der Waals surface area contributed by atoms with E-state index in [4.69, 9.17) is 5.73 Å². The van der Waals surface area contributed by atoms with Gasteiger partial charge < -0.3 is 15.5 Å². The van der Waals surface area contributed by atoms with Gasteiger partial charge in [0, 0.05) is 19.6 Å². The lowest BCUT2D eigenvalue weighted by Crippen LogP contribution is -2.37. The van der Waals surface area contributed by atoms with Crippen molar-refractivity contribution in [1.82, 2.24) is 20.1 Å². The molecule has 0 bridgehead atoms. The first-order valence-corrected chi connectivity index (χ1v) is 5.58. The number of hydrogen-bond donors (Lipinski definition) is 1. The van der Waals surface area contributed by atoms with Crippen LogP contribution in [0, 0.1) is 0 Å². The van der Waals surface area contributed by atoms with Gasteiger partial charge in [0.1, 0.15) is 0 Å². The Morgan fingerprint density at radius 2 is 2.00 bits per heavy atom. The zero-order valence-corrected chi connectivity index (χ0v) is 10.5. The molecule has 0 unspecified atom stereocenters. The second-order valence-electron chi connectivity index (χ2n) is 4.09. The Bertz CT molecular complexity index is 363. The average molecular weight is 241 g/mol. The summed E-state index contributed by atoms with van der Waals surface area (Å²) in [5.41, 5.74) is 5.60. The van der Waals surface area contributed by atoms with Gasteiger partial charge in [0.2, 0.25) is 11.5 Å². The van der Waals surface area contributed by atoms with Crippen molar-refractivity contribution in [3.05, 3.63) is 5.69 Å². The number of likely N-dealkylation sites (N-methyl/N-ethyl adjacent to an activating group) is 1. The van der Waals surface area contributed by atoms with Crippen molar-refractivity contribution in [1.29, 1.82) is 0 Å². The highest BCUT2D eigenvalue weighted by Gasteiger charge is 2.22. The van der Waals surface area contributed by atoms with Crippen LogP contribution in [0.1, 0.15) is 23.8 Å². The maximum absolute atomic E-state index is 12.1. The van der Waals surface area contributed by atoms with Crippen LogP contribution in [-0.4, -0.2) is 59.7 Å². The van der Waals surface area contributed by atoms with E-state index in [0.29, 0.717) is 13.1 Å². The lowest BCUT2D eigenvalue weighted by molar-refractivity contribution is 0.0734. The van der Waals surface area contributed by atoms with Crippen LogP contribution in [-0.2, 0) is 0 Å². The molecule has 2 N–H and O–H groups in total. The molecule has 0 aliphatic heterocycles. The Hall–Kier alpha value is -1.63.